The maximum absolute atomic E-state index is 5.92. The molecule has 0 saturated heterocycles. The van der Waals surface area contributed by atoms with E-state index in [0.29, 0.717) is 32.3 Å². The molecule has 1 aromatic heterocycles. The Labute approximate surface area is 164 Å². The first-order valence-electron chi connectivity index (χ1n) is 7.92. The van der Waals surface area contributed by atoms with Crippen LogP contribution in [0.2, 0.25) is 0 Å². The maximum atomic E-state index is 5.92. The minimum absolute atomic E-state index is 0. The third kappa shape index (κ3) is 5.96. The molecule has 0 bridgehead atoms. The van der Waals surface area contributed by atoms with Gasteiger partial charge in [0.15, 0.2) is 17.5 Å². The molecule has 2 heterocycles. The van der Waals surface area contributed by atoms with Crippen LogP contribution < -0.4 is 25.8 Å². The van der Waals surface area contributed by atoms with Crippen molar-refractivity contribution in [2.45, 2.75) is 6.42 Å². The minimum atomic E-state index is 0. The van der Waals surface area contributed by atoms with Crippen molar-refractivity contribution in [3.05, 3.63) is 42.7 Å². The standard InChI is InChI=1S/C17H21N5O2.HI/c18-17(21-9-8-20-13-4-6-19-7-5-13)22-14-2-3-15-16(12-14)24-11-1-10-23-15;/h2-7,12H,1,8-11H2,(H,19,20)(H3,18,21,22);1H. The molecule has 0 fully saturated rings. The Hall–Kier alpha value is -2.23. The van der Waals surface area contributed by atoms with E-state index in [1.165, 1.54) is 0 Å². The smallest absolute Gasteiger partial charge is 0.193 e. The molecule has 134 valence electrons. The van der Waals surface area contributed by atoms with E-state index in [0.717, 1.165) is 29.3 Å². The Morgan fingerprint density at radius 3 is 2.64 bits per heavy atom. The van der Waals surface area contributed by atoms with Gasteiger partial charge in [0.1, 0.15) is 0 Å². The van der Waals surface area contributed by atoms with Crippen LogP contribution in [0.3, 0.4) is 0 Å². The van der Waals surface area contributed by atoms with Gasteiger partial charge in [-0.2, -0.15) is 0 Å². The van der Waals surface area contributed by atoms with Crippen LogP contribution in [0.4, 0.5) is 11.4 Å². The molecule has 0 unspecified atom stereocenters. The van der Waals surface area contributed by atoms with Crippen LogP contribution in [0.1, 0.15) is 6.42 Å². The molecule has 0 aliphatic carbocycles. The number of anilines is 2. The summed E-state index contributed by atoms with van der Waals surface area (Å²) in [4.78, 5) is 8.27. The summed E-state index contributed by atoms with van der Waals surface area (Å²) >= 11 is 0. The summed E-state index contributed by atoms with van der Waals surface area (Å²) in [6.45, 7) is 2.58. The SMILES string of the molecule is I.NC(=NCCNc1ccncc1)Nc1ccc2c(c1)OCCCO2. The lowest BCUT2D eigenvalue weighted by atomic mass is 10.3. The quantitative estimate of drug-likeness (QED) is 0.278. The number of benzene rings is 1. The minimum Gasteiger partial charge on any atom is -0.490 e. The summed E-state index contributed by atoms with van der Waals surface area (Å²) in [5.74, 6) is 1.85. The number of hydrogen-bond donors (Lipinski definition) is 3. The number of aliphatic imine (C=N–C) groups is 1. The lowest BCUT2D eigenvalue weighted by molar-refractivity contribution is 0.297. The van der Waals surface area contributed by atoms with E-state index in [2.05, 4.69) is 20.6 Å². The van der Waals surface area contributed by atoms with E-state index >= 15 is 0 Å². The Morgan fingerprint density at radius 1 is 1.08 bits per heavy atom. The third-order valence-corrected chi connectivity index (χ3v) is 3.42. The molecular formula is C17H22IN5O2. The molecule has 1 aromatic carbocycles. The summed E-state index contributed by atoms with van der Waals surface area (Å²) in [5.41, 5.74) is 7.75. The number of fused-ring (bicyclic) bond motifs is 1. The van der Waals surface area contributed by atoms with E-state index in [4.69, 9.17) is 15.2 Å². The number of guanidine groups is 1. The zero-order valence-electron chi connectivity index (χ0n) is 13.8. The van der Waals surface area contributed by atoms with Crippen molar-refractivity contribution < 1.29 is 9.47 Å². The van der Waals surface area contributed by atoms with Gasteiger partial charge in [-0.1, -0.05) is 0 Å². The van der Waals surface area contributed by atoms with Gasteiger partial charge >= 0.3 is 0 Å². The monoisotopic (exact) mass is 455 g/mol. The Morgan fingerprint density at radius 2 is 1.84 bits per heavy atom. The van der Waals surface area contributed by atoms with Crippen LogP contribution in [0.25, 0.3) is 0 Å². The summed E-state index contributed by atoms with van der Waals surface area (Å²) < 4.78 is 11.3. The molecule has 2 aromatic rings. The molecule has 3 rings (SSSR count). The fraction of sp³-hybridized carbons (Fsp3) is 0.294. The highest BCUT2D eigenvalue weighted by atomic mass is 127. The van der Waals surface area contributed by atoms with Crippen molar-refractivity contribution in [3.8, 4) is 11.5 Å². The number of aromatic nitrogens is 1. The van der Waals surface area contributed by atoms with Gasteiger partial charge in [-0.3, -0.25) is 9.98 Å². The zero-order valence-corrected chi connectivity index (χ0v) is 16.1. The first kappa shape index (κ1) is 19.1. The summed E-state index contributed by atoms with van der Waals surface area (Å²) in [7, 11) is 0. The van der Waals surface area contributed by atoms with Crippen LogP contribution in [-0.2, 0) is 0 Å². The summed E-state index contributed by atoms with van der Waals surface area (Å²) in [6, 6.07) is 9.46. The molecule has 8 heteroatoms. The van der Waals surface area contributed by atoms with Crippen LogP contribution in [0.15, 0.2) is 47.7 Å². The topological polar surface area (TPSA) is 93.8 Å². The summed E-state index contributed by atoms with van der Waals surface area (Å²) in [5, 5.41) is 6.31. The molecule has 25 heavy (non-hydrogen) atoms. The Balaban J connectivity index is 0.00000225. The lowest BCUT2D eigenvalue weighted by Crippen LogP contribution is -2.23. The normalized spacial score (nSPS) is 13.4. The van der Waals surface area contributed by atoms with Gasteiger partial charge in [-0.25, -0.2) is 0 Å². The van der Waals surface area contributed by atoms with Crippen molar-refractivity contribution in [2.75, 3.05) is 36.9 Å². The van der Waals surface area contributed by atoms with E-state index < -0.39 is 0 Å². The molecule has 0 amide bonds. The highest BCUT2D eigenvalue weighted by Crippen LogP contribution is 2.32. The van der Waals surface area contributed by atoms with Gasteiger partial charge < -0.3 is 25.8 Å². The fourth-order valence-electron chi connectivity index (χ4n) is 2.27. The maximum Gasteiger partial charge on any atom is 0.193 e. The van der Waals surface area contributed by atoms with Crippen LogP contribution in [0, 0.1) is 0 Å². The van der Waals surface area contributed by atoms with Gasteiger partial charge in [0.25, 0.3) is 0 Å². The zero-order chi connectivity index (χ0) is 16.6. The first-order chi connectivity index (χ1) is 11.8. The van der Waals surface area contributed by atoms with Gasteiger partial charge in [0.05, 0.1) is 19.8 Å². The molecule has 7 nitrogen and oxygen atoms in total. The van der Waals surface area contributed by atoms with Crippen molar-refractivity contribution in [3.63, 3.8) is 0 Å². The highest BCUT2D eigenvalue weighted by molar-refractivity contribution is 14.0. The molecule has 4 N–H and O–H groups in total. The van der Waals surface area contributed by atoms with Crippen molar-refractivity contribution in [1.82, 2.24) is 4.98 Å². The van der Waals surface area contributed by atoms with E-state index in [1.807, 2.05) is 30.3 Å². The van der Waals surface area contributed by atoms with Gasteiger partial charge in [0.2, 0.25) is 0 Å². The average Bonchev–Trinajstić information content (AvgIpc) is 2.84. The molecule has 0 saturated carbocycles. The van der Waals surface area contributed by atoms with E-state index in [1.54, 1.807) is 12.4 Å². The van der Waals surface area contributed by atoms with Crippen molar-refractivity contribution >= 4 is 41.3 Å². The van der Waals surface area contributed by atoms with Gasteiger partial charge in [-0.15, -0.1) is 24.0 Å². The number of nitrogens with zero attached hydrogens (tertiary/aromatic N) is 2. The number of nitrogens with two attached hydrogens (primary N) is 1. The van der Waals surface area contributed by atoms with Crippen LogP contribution >= 0.6 is 24.0 Å². The molecule has 0 radical (unpaired) electrons. The Kier molecular flexibility index (Phi) is 7.58. The highest BCUT2D eigenvalue weighted by Gasteiger charge is 2.10. The number of rotatable bonds is 5. The predicted octanol–water partition coefficient (Wildman–Crippen LogP) is 2.70. The second kappa shape index (κ2) is 9.92. The Bertz CT molecular complexity index is 697. The number of nitrogens with one attached hydrogen (secondary N) is 2. The lowest BCUT2D eigenvalue weighted by Gasteiger charge is -2.11. The predicted molar refractivity (Wildman–Crippen MR) is 110 cm³/mol. The summed E-state index contributed by atoms with van der Waals surface area (Å²) in [6.07, 6.45) is 4.36. The van der Waals surface area contributed by atoms with E-state index in [9.17, 15) is 0 Å². The number of halogens is 1. The molecule has 0 atom stereocenters. The van der Waals surface area contributed by atoms with Crippen molar-refractivity contribution in [1.29, 1.82) is 0 Å². The van der Waals surface area contributed by atoms with Gasteiger partial charge in [-0.05, 0) is 24.3 Å². The fourth-order valence-corrected chi connectivity index (χ4v) is 2.27. The molecule has 0 spiro atoms. The third-order valence-electron chi connectivity index (χ3n) is 3.42. The molecular weight excluding hydrogens is 433 g/mol. The number of ether oxygens (including phenoxy) is 2. The molecule has 1 aliphatic heterocycles. The van der Waals surface area contributed by atoms with Gasteiger partial charge in [0, 0.05) is 42.8 Å². The van der Waals surface area contributed by atoms with Crippen LogP contribution in [0.5, 0.6) is 11.5 Å². The number of hydrogen-bond acceptors (Lipinski definition) is 5. The second-order valence-corrected chi connectivity index (χ2v) is 5.27. The number of pyridine rings is 1. The average molecular weight is 455 g/mol. The first-order valence-corrected chi connectivity index (χ1v) is 7.92. The van der Waals surface area contributed by atoms with Crippen LogP contribution in [-0.4, -0.2) is 37.2 Å². The second-order valence-electron chi connectivity index (χ2n) is 5.27. The van der Waals surface area contributed by atoms with E-state index in [-0.39, 0.29) is 24.0 Å². The molecule has 1 aliphatic rings. The van der Waals surface area contributed by atoms with Crippen molar-refractivity contribution in [2.24, 2.45) is 10.7 Å². The largest absolute Gasteiger partial charge is 0.490 e.